The summed E-state index contributed by atoms with van der Waals surface area (Å²) in [6.45, 7) is 2.92. The minimum absolute atomic E-state index is 0.265. The van der Waals surface area contributed by atoms with E-state index < -0.39 is 0 Å². The maximum atomic E-state index is 8.81. The second kappa shape index (κ2) is 13.5. The van der Waals surface area contributed by atoms with Crippen molar-refractivity contribution in [1.82, 2.24) is 0 Å². The molecule has 0 aromatic heterocycles. The Balaban J connectivity index is 1.93. The van der Waals surface area contributed by atoms with Crippen LogP contribution >= 0.6 is 0 Å². The fourth-order valence-corrected chi connectivity index (χ4v) is 3.26. The third-order valence-corrected chi connectivity index (χ3v) is 4.93. The molecule has 0 amide bonds. The Kier molecular flexibility index (Phi) is 10.6. The predicted octanol–water partition coefficient (Wildman–Crippen LogP) is 6.34. The van der Waals surface area contributed by atoms with Gasteiger partial charge in [-0.05, 0) is 74.0 Å². The van der Waals surface area contributed by atoms with Crippen LogP contribution in [0.5, 0.6) is 0 Å². The Bertz CT molecular complexity index is 814. The van der Waals surface area contributed by atoms with Crippen molar-refractivity contribution in [2.45, 2.75) is 51.9 Å². The van der Waals surface area contributed by atoms with E-state index in [1.165, 1.54) is 0 Å². The number of aliphatic hydroxyl groups excluding tert-OH is 1. The van der Waals surface area contributed by atoms with Gasteiger partial charge >= 0.3 is 0 Å². The number of hydrogen-bond acceptors (Lipinski definition) is 4. The molecule has 30 heavy (non-hydrogen) atoms. The summed E-state index contributed by atoms with van der Waals surface area (Å²) in [5.74, 6) is 0.841. The van der Waals surface area contributed by atoms with E-state index in [4.69, 9.17) is 20.7 Å². The van der Waals surface area contributed by atoms with Crippen molar-refractivity contribution in [3.63, 3.8) is 0 Å². The first kappa shape index (κ1) is 23.6. The quantitative estimate of drug-likeness (QED) is 0.228. The zero-order valence-electron chi connectivity index (χ0n) is 18.0. The maximum Gasteiger partial charge on any atom is 0.118 e. The molecule has 0 saturated carbocycles. The Morgan fingerprint density at radius 2 is 1.83 bits per heavy atom. The van der Waals surface area contributed by atoms with Gasteiger partial charge in [-0.25, -0.2) is 0 Å². The van der Waals surface area contributed by atoms with Crippen LogP contribution in [-0.2, 0) is 4.74 Å². The summed E-state index contributed by atoms with van der Waals surface area (Å²) in [4.78, 5) is 0. The molecule has 160 valence electrons. The molecular formula is C26H34N2O2. The third kappa shape index (κ3) is 8.75. The normalized spacial score (nSPS) is 15.7. The molecule has 1 aliphatic carbocycles. The summed E-state index contributed by atoms with van der Waals surface area (Å²) in [6, 6.07) is 8.26. The van der Waals surface area contributed by atoms with Crippen molar-refractivity contribution in [2.75, 3.05) is 13.2 Å². The minimum atomic E-state index is 0.265. The van der Waals surface area contributed by atoms with Crippen LogP contribution in [0.3, 0.4) is 0 Å². The second-order valence-corrected chi connectivity index (χ2v) is 7.51. The lowest BCUT2D eigenvalue weighted by Crippen LogP contribution is -1.96. The van der Waals surface area contributed by atoms with Crippen LogP contribution in [0.1, 0.15) is 63.0 Å². The van der Waals surface area contributed by atoms with Crippen molar-refractivity contribution in [1.29, 1.82) is 10.8 Å². The van der Waals surface area contributed by atoms with Crippen molar-refractivity contribution < 1.29 is 9.84 Å². The first-order valence-electron chi connectivity index (χ1n) is 10.8. The Morgan fingerprint density at radius 1 is 1.07 bits per heavy atom. The van der Waals surface area contributed by atoms with Gasteiger partial charge in [-0.3, -0.25) is 0 Å². The molecule has 2 rings (SSSR count). The zero-order chi connectivity index (χ0) is 21.6. The van der Waals surface area contributed by atoms with Crippen LogP contribution in [0.4, 0.5) is 0 Å². The van der Waals surface area contributed by atoms with Crippen LogP contribution in [0.25, 0.3) is 11.6 Å². The van der Waals surface area contributed by atoms with Crippen LogP contribution in [0, 0.1) is 10.8 Å². The largest absolute Gasteiger partial charge is 0.494 e. The van der Waals surface area contributed by atoms with Crippen molar-refractivity contribution >= 4 is 23.1 Å². The molecule has 1 aromatic rings. The van der Waals surface area contributed by atoms with E-state index in [0.717, 1.165) is 48.1 Å². The Morgan fingerprint density at radius 3 is 2.57 bits per heavy atom. The number of hydrogen-bond donors (Lipinski definition) is 3. The standard InChI is InChI=1S/C26H34N2O2/c1-2-8-26(30-18-6-4-3-5-17-29)10-7-9-21-11-13-22(14-12-21)23-19-24(27)15-16-25(28)20-23/h2,7-14,19,27-29H,3-6,15-18,20H2,1H3/b8-2?,9-7+,26-10+,27-24?,28-25?. The molecule has 0 heterocycles. The van der Waals surface area contributed by atoms with Crippen molar-refractivity contribution in [2.24, 2.45) is 0 Å². The molecule has 0 bridgehead atoms. The van der Waals surface area contributed by atoms with Crippen LogP contribution in [0.15, 0.2) is 60.4 Å². The molecule has 0 fully saturated rings. The summed E-state index contributed by atoms with van der Waals surface area (Å²) in [7, 11) is 0. The van der Waals surface area contributed by atoms with E-state index in [2.05, 4.69) is 24.3 Å². The molecule has 0 unspecified atom stereocenters. The lowest BCUT2D eigenvalue weighted by Gasteiger charge is -2.07. The van der Waals surface area contributed by atoms with Crippen LogP contribution in [-0.4, -0.2) is 29.7 Å². The van der Waals surface area contributed by atoms with E-state index in [9.17, 15) is 0 Å². The summed E-state index contributed by atoms with van der Waals surface area (Å²) in [5.41, 5.74) is 4.53. The topological polar surface area (TPSA) is 77.2 Å². The molecule has 0 spiro atoms. The number of nitrogens with one attached hydrogen (secondary N) is 2. The highest BCUT2D eigenvalue weighted by Crippen LogP contribution is 2.24. The molecule has 1 aliphatic rings. The van der Waals surface area contributed by atoms with E-state index in [1.807, 2.05) is 43.4 Å². The van der Waals surface area contributed by atoms with Crippen molar-refractivity contribution in [3.05, 3.63) is 71.5 Å². The lowest BCUT2D eigenvalue weighted by atomic mass is 9.99. The van der Waals surface area contributed by atoms with Gasteiger partial charge in [-0.2, -0.15) is 0 Å². The molecule has 3 N–H and O–H groups in total. The predicted molar refractivity (Wildman–Crippen MR) is 127 cm³/mol. The molecule has 0 aliphatic heterocycles. The molecule has 0 atom stereocenters. The molecule has 4 nitrogen and oxygen atoms in total. The maximum absolute atomic E-state index is 8.81. The zero-order valence-corrected chi connectivity index (χ0v) is 18.0. The highest BCUT2D eigenvalue weighted by Gasteiger charge is 2.11. The lowest BCUT2D eigenvalue weighted by molar-refractivity contribution is 0.214. The van der Waals surface area contributed by atoms with Gasteiger partial charge in [0.25, 0.3) is 0 Å². The van der Waals surface area contributed by atoms with Gasteiger partial charge in [0.15, 0.2) is 0 Å². The third-order valence-electron chi connectivity index (χ3n) is 4.93. The van der Waals surface area contributed by atoms with E-state index in [-0.39, 0.29) is 6.61 Å². The van der Waals surface area contributed by atoms with Gasteiger partial charge in [0.05, 0.1) is 6.61 Å². The Labute approximate surface area is 180 Å². The number of allylic oxidation sites excluding steroid dienone is 6. The number of aliphatic hydroxyl groups is 1. The van der Waals surface area contributed by atoms with E-state index in [1.54, 1.807) is 0 Å². The molecular weight excluding hydrogens is 372 g/mol. The van der Waals surface area contributed by atoms with E-state index in [0.29, 0.717) is 37.3 Å². The van der Waals surface area contributed by atoms with Crippen LogP contribution < -0.4 is 0 Å². The van der Waals surface area contributed by atoms with E-state index >= 15 is 0 Å². The highest BCUT2D eigenvalue weighted by molar-refractivity contribution is 6.07. The SMILES string of the molecule is CC=C/C(=C\C=C\c1ccc(C2=CC(=N)CCC(=N)C2)cc1)OCCCCCCO. The first-order chi connectivity index (χ1) is 14.6. The first-order valence-corrected chi connectivity index (χ1v) is 10.8. The number of unbranched alkanes of at least 4 members (excludes halogenated alkanes) is 3. The average molecular weight is 407 g/mol. The molecule has 0 saturated heterocycles. The minimum Gasteiger partial charge on any atom is -0.494 e. The van der Waals surface area contributed by atoms with Crippen molar-refractivity contribution in [3.8, 4) is 0 Å². The Hall–Kier alpha value is -2.72. The molecule has 4 heteroatoms. The fourth-order valence-electron chi connectivity index (χ4n) is 3.26. The number of benzene rings is 1. The van der Waals surface area contributed by atoms with Gasteiger partial charge in [0, 0.05) is 24.5 Å². The number of rotatable bonds is 11. The monoisotopic (exact) mass is 406 g/mol. The number of ether oxygens (including phenoxy) is 1. The average Bonchev–Trinajstić information content (AvgIpc) is 2.91. The van der Waals surface area contributed by atoms with Gasteiger partial charge in [0.1, 0.15) is 5.76 Å². The van der Waals surface area contributed by atoms with Gasteiger partial charge in [0.2, 0.25) is 0 Å². The molecule has 1 aromatic carbocycles. The summed E-state index contributed by atoms with van der Waals surface area (Å²) < 4.78 is 5.84. The van der Waals surface area contributed by atoms with Crippen LogP contribution in [0.2, 0.25) is 0 Å². The highest BCUT2D eigenvalue weighted by atomic mass is 16.5. The fraction of sp³-hybridized carbons (Fsp3) is 0.385. The van der Waals surface area contributed by atoms with Gasteiger partial charge in [-0.15, -0.1) is 0 Å². The molecule has 0 radical (unpaired) electrons. The second-order valence-electron chi connectivity index (χ2n) is 7.51. The summed E-state index contributed by atoms with van der Waals surface area (Å²) >= 11 is 0. The smallest absolute Gasteiger partial charge is 0.118 e. The van der Waals surface area contributed by atoms with Gasteiger partial charge < -0.3 is 20.7 Å². The summed E-state index contributed by atoms with van der Waals surface area (Å²) in [6.07, 6.45) is 17.8. The van der Waals surface area contributed by atoms with Gasteiger partial charge in [-0.1, -0.05) is 48.9 Å². The summed E-state index contributed by atoms with van der Waals surface area (Å²) in [5, 5.41) is 24.8.